The third kappa shape index (κ3) is 4.27. The summed E-state index contributed by atoms with van der Waals surface area (Å²) in [6.45, 7) is 3.31. The van der Waals surface area contributed by atoms with Gasteiger partial charge in [0.15, 0.2) is 11.5 Å². The minimum atomic E-state index is 0.582. The number of unbranched alkanes of at least 4 members (excludes halogenated alkanes) is 1. The Kier molecular flexibility index (Phi) is 6.88. The standard InChI is InChI=1S/C23H30N2O4/c1-5-29-16-9-10-19-18(14-16)17(8-6-7-11-24)22(25-19)15-12-20(26-2)23(28-4)21(13-15)27-3/h9-10,12-14,25H,5-8,11,24H2,1-4H3. The largest absolute Gasteiger partial charge is 0.494 e. The molecule has 0 saturated carbocycles. The third-order valence-corrected chi connectivity index (χ3v) is 5.02. The van der Waals surface area contributed by atoms with Crippen molar-refractivity contribution in [2.24, 2.45) is 5.73 Å². The highest BCUT2D eigenvalue weighted by molar-refractivity contribution is 5.92. The molecule has 2 aromatic carbocycles. The Bertz CT molecular complexity index is 940. The van der Waals surface area contributed by atoms with Gasteiger partial charge in [-0.15, -0.1) is 0 Å². The number of ether oxygens (including phenoxy) is 4. The molecule has 0 aliphatic carbocycles. The first kappa shape index (κ1) is 20.9. The molecule has 0 atom stereocenters. The Balaban J connectivity index is 2.18. The van der Waals surface area contributed by atoms with Gasteiger partial charge in [0.1, 0.15) is 5.75 Å². The highest BCUT2D eigenvalue weighted by Crippen LogP contribution is 2.43. The number of methoxy groups -OCH3 is 3. The molecule has 0 spiro atoms. The number of nitrogens with two attached hydrogens (primary N) is 1. The van der Waals surface area contributed by atoms with E-state index < -0.39 is 0 Å². The van der Waals surface area contributed by atoms with Gasteiger partial charge < -0.3 is 29.7 Å². The molecular weight excluding hydrogens is 368 g/mol. The fraction of sp³-hybridized carbons (Fsp3) is 0.391. The van der Waals surface area contributed by atoms with Gasteiger partial charge in [-0.05, 0) is 68.6 Å². The van der Waals surface area contributed by atoms with Gasteiger partial charge in [0.05, 0.1) is 27.9 Å². The van der Waals surface area contributed by atoms with Crippen molar-refractivity contribution in [1.82, 2.24) is 4.98 Å². The van der Waals surface area contributed by atoms with E-state index in [1.54, 1.807) is 21.3 Å². The zero-order chi connectivity index (χ0) is 20.8. The molecule has 0 saturated heterocycles. The molecule has 0 fully saturated rings. The number of aromatic amines is 1. The van der Waals surface area contributed by atoms with Crippen LogP contribution in [0.4, 0.5) is 0 Å². The van der Waals surface area contributed by atoms with Crippen molar-refractivity contribution >= 4 is 10.9 Å². The Morgan fingerprint density at radius 2 is 1.66 bits per heavy atom. The average Bonchev–Trinajstić information content (AvgIpc) is 3.11. The van der Waals surface area contributed by atoms with Crippen LogP contribution in [-0.4, -0.2) is 39.5 Å². The lowest BCUT2D eigenvalue weighted by Crippen LogP contribution is -2.00. The van der Waals surface area contributed by atoms with E-state index in [2.05, 4.69) is 17.1 Å². The van der Waals surface area contributed by atoms with Crippen LogP contribution in [0.1, 0.15) is 25.3 Å². The smallest absolute Gasteiger partial charge is 0.203 e. The normalized spacial score (nSPS) is 10.9. The highest BCUT2D eigenvalue weighted by atomic mass is 16.5. The second kappa shape index (κ2) is 9.56. The summed E-state index contributed by atoms with van der Waals surface area (Å²) in [5.41, 5.74) is 10.1. The van der Waals surface area contributed by atoms with E-state index in [9.17, 15) is 0 Å². The van der Waals surface area contributed by atoms with Gasteiger partial charge in [-0.25, -0.2) is 0 Å². The molecule has 3 N–H and O–H groups in total. The predicted octanol–water partition coefficient (Wildman–Crippen LogP) is 4.54. The number of hydrogen-bond donors (Lipinski definition) is 2. The van der Waals surface area contributed by atoms with E-state index in [0.717, 1.165) is 47.2 Å². The summed E-state index contributed by atoms with van der Waals surface area (Å²) in [5, 5.41) is 1.16. The van der Waals surface area contributed by atoms with Gasteiger partial charge in [-0.2, -0.15) is 0 Å². The molecule has 0 unspecified atom stereocenters. The van der Waals surface area contributed by atoms with Crippen LogP contribution in [0.3, 0.4) is 0 Å². The molecule has 0 radical (unpaired) electrons. The van der Waals surface area contributed by atoms with E-state index in [4.69, 9.17) is 24.7 Å². The van der Waals surface area contributed by atoms with Gasteiger partial charge in [-0.3, -0.25) is 0 Å². The first-order chi connectivity index (χ1) is 14.2. The number of H-pyrrole nitrogens is 1. The molecule has 1 aromatic heterocycles. The molecule has 0 amide bonds. The quantitative estimate of drug-likeness (QED) is 0.490. The molecule has 156 valence electrons. The second-order valence-corrected chi connectivity index (χ2v) is 6.78. The van der Waals surface area contributed by atoms with Crippen molar-refractivity contribution in [3.8, 4) is 34.3 Å². The maximum atomic E-state index is 5.73. The topological polar surface area (TPSA) is 78.7 Å². The minimum Gasteiger partial charge on any atom is -0.494 e. The zero-order valence-electron chi connectivity index (χ0n) is 17.6. The van der Waals surface area contributed by atoms with Crippen LogP contribution in [0.15, 0.2) is 30.3 Å². The maximum absolute atomic E-state index is 5.73. The molecule has 1 heterocycles. The molecule has 0 aliphatic heterocycles. The number of aryl methyl sites for hydroxylation is 1. The number of fused-ring (bicyclic) bond motifs is 1. The summed E-state index contributed by atoms with van der Waals surface area (Å²) in [4.78, 5) is 3.58. The Hall–Kier alpha value is -2.86. The van der Waals surface area contributed by atoms with Crippen molar-refractivity contribution in [1.29, 1.82) is 0 Å². The maximum Gasteiger partial charge on any atom is 0.203 e. The summed E-state index contributed by atoms with van der Waals surface area (Å²) < 4.78 is 22.3. The molecular formula is C23H30N2O4. The second-order valence-electron chi connectivity index (χ2n) is 6.78. The van der Waals surface area contributed by atoms with Gasteiger partial charge >= 0.3 is 0 Å². The molecule has 0 bridgehead atoms. The van der Waals surface area contributed by atoms with E-state index in [1.165, 1.54) is 5.56 Å². The minimum absolute atomic E-state index is 0.582. The fourth-order valence-corrected chi connectivity index (χ4v) is 3.66. The first-order valence-electron chi connectivity index (χ1n) is 9.94. The number of hydrogen-bond acceptors (Lipinski definition) is 5. The monoisotopic (exact) mass is 398 g/mol. The lowest BCUT2D eigenvalue weighted by molar-refractivity contribution is 0.324. The van der Waals surface area contributed by atoms with Crippen molar-refractivity contribution < 1.29 is 18.9 Å². The summed E-state index contributed by atoms with van der Waals surface area (Å²) in [7, 11) is 4.86. The van der Waals surface area contributed by atoms with E-state index >= 15 is 0 Å². The summed E-state index contributed by atoms with van der Waals surface area (Å²) in [6, 6.07) is 10.1. The van der Waals surface area contributed by atoms with Crippen molar-refractivity contribution in [3.05, 3.63) is 35.9 Å². The van der Waals surface area contributed by atoms with Crippen LogP contribution in [0, 0.1) is 0 Å². The van der Waals surface area contributed by atoms with Crippen LogP contribution in [0.2, 0.25) is 0 Å². The van der Waals surface area contributed by atoms with E-state index in [1.807, 2.05) is 25.1 Å². The Morgan fingerprint density at radius 3 is 2.24 bits per heavy atom. The number of benzene rings is 2. The van der Waals surface area contributed by atoms with Crippen LogP contribution in [-0.2, 0) is 6.42 Å². The van der Waals surface area contributed by atoms with Crippen LogP contribution >= 0.6 is 0 Å². The van der Waals surface area contributed by atoms with Gasteiger partial charge in [0, 0.05) is 22.2 Å². The SMILES string of the molecule is CCOc1ccc2[nH]c(-c3cc(OC)c(OC)c(OC)c3)c(CCCCN)c2c1. The summed E-state index contributed by atoms with van der Waals surface area (Å²) in [6.07, 6.45) is 2.91. The lowest BCUT2D eigenvalue weighted by atomic mass is 9.99. The summed E-state index contributed by atoms with van der Waals surface area (Å²) in [5.74, 6) is 2.71. The van der Waals surface area contributed by atoms with E-state index in [0.29, 0.717) is 30.4 Å². The molecule has 29 heavy (non-hydrogen) atoms. The van der Waals surface area contributed by atoms with Crippen molar-refractivity contribution in [2.75, 3.05) is 34.5 Å². The fourth-order valence-electron chi connectivity index (χ4n) is 3.66. The third-order valence-electron chi connectivity index (χ3n) is 5.02. The van der Waals surface area contributed by atoms with Gasteiger partial charge in [0.25, 0.3) is 0 Å². The molecule has 6 heteroatoms. The average molecular weight is 399 g/mol. The number of aromatic nitrogens is 1. The lowest BCUT2D eigenvalue weighted by Gasteiger charge is -2.14. The number of rotatable bonds is 10. The predicted molar refractivity (Wildman–Crippen MR) is 117 cm³/mol. The molecule has 6 nitrogen and oxygen atoms in total. The highest BCUT2D eigenvalue weighted by Gasteiger charge is 2.19. The van der Waals surface area contributed by atoms with Crippen LogP contribution < -0.4 is 24.7 Å². The number of nitrogens with one attached hydrogen (secondary N) is 1. The van der Waals surface area contributed by atoms with Gasteiger partial charge in [0.2, 0.25) is 5.75 Å². The zero-order valence-corrected chi connectivity index (χ0v) is 17.6. The van der Waals surface area contributed by atoms with Crippen LogP contribution in [0.5, 0.6) is 23.0 Å². The van der Waals surface area contributed by atoms with Crippen LogP contribution in [0.25, 0.3) is 22.2 Å². The summed E-state index contributed by atoms with van der Waals surface area (Å²) >= 11 is 0. The van der Waals surface area contributed by atoms with Crippen molar-refractivity contribution in [2.45, 2.75) is 26.2 Å². The van der Waals surface area contributed by atoms with Crippen molar-refractivity contribution in [3.63, 3.8) is 0 Å². The molecule has 3 aromatic rings. The molecule has 0 aliphatic rings. The van der Waals surface area contributed by atoms with Gasteiger partial charge in [-0.1, -0.05) is 0 Å². The Morgan fingerprint density at radius 1 is 0.931 bits per heavy atom. The first-order valence-corrected chi connectivity index (χ1v) is 9.94. The molecule has 3 rings (SSSR count). The van der Waals surface area contributed by atoms with E-state index in [-0.39, 0.29) is 0 Å². The Labute approximate surface area is 171 Å².